The smallest absolute Gasteiger partial charge is 0.263 e. The maximum atomic E-state index is 13.2. The number of aromatic nitrogens is 2. The highest BCUT2D eigenvalue weighted by Gasteiger charge is 2.25. The molecule has 0 fully saturated rings. The van der Waals surface area contributed by atoms with Gasteiger partial charge in [-0.25, -0.2) is 13.1 Å². The molecule has 2 N–H and O–H groups in total. The number of benzene rings is 2. The van der Waals surface area contributed by atoms with Crippen LogP contribution in [0.5, 0.6) is 0 Å². The third-order valence-corrected chi connectivity index (χ3v) is 6.35. The molecular weight excluding hydrogens is 400 g/mol. The second kappa shape index (κ2) is 7.28. The summed E-state index contributed by atoms with van der Waals surface area (Å²) in [6, 6.07) is 15.9. The van der Waals surface area contributed by atoms with Gasteiger partial charge in [0, 0.05) is 23.6 Å². The summed E-state index contributed by atoms with van der Waals surface area (Å²) in [7, 11) is -3.85. The monoisotopic (exact) mass is 424 g/mol. The summed E-state index contributed by atoms with van der Waals surface area (Å²) in [4.78, 5) is 11.7. The van der Waals surface area contributed by atoms with Crippen molar-refractivity contribution in [2.75, 3.05) is 10.0 Å². The van der Waals surface area contributed by atoms with Crippen LogP contribution < -0.4 is 10.0 Å². The zero-order valence-electron chi connectivity index (χ0n) is 17.1. The van der Waals surface area contributed by atoms with E-state index in [9.17, 15) is 13.2 Å². The second-order valence-electron chi connectivity index (χ2n) is 8.38. The lowest BCUT2D eigenvalue weighted by Crippen LogP contribution is -2.20. The van der Waals surface area contributed by atoms with Crippen molar-refractivity contribution in [2.45, 2.75) is 43.9 Å². The number of hydrogen-bond donors (Lipinski definition) is 2. The molecular formula is C22H24N4O3S. The third kappa shape index (κ3) is 3.95. The predicted molar refractivity (Wildman–Crippen MR) is 116 cm³/mol. The number of para-hydroxylation sites is 1. The highest BCUT2D eigenvalue weighted by molar-refractivity contribution is 7.92. The number of anilines is 2. The molecule has 3 aromatic rings. The number of fused-ring (bicyclic) bond motifs is 1. The summed E-state index contributed by atoms with van der Waals surface area (Å²) < 4.78 is 30.6. The Kier molecular flexibility index (Phi) is 4.89. The molecule has 0 saturated carbocycles. The van der Waals surface area contributed by atoms with E-state index in [0.29, 0.717) is 24.3 Å². The van der Waals surface area contributed by atoms with Crippen molar-refractivity contribution in [3.63, 3.8) is 0 Å². The van der Waals surface area contributed by atoms with E-state index in [0.717, 1.165) is 16.9 Å². The van der Waals surface area contributed by atoms with Crippen LogP contribution in [0.25, 0.3) is 5.69 Å². The fourth-order valence-electron chi connectivity index (χ4n) is 3.31. The number of carbonyl (C=O) groups excluding carboxylic acids is 1. The molecule has 1 amide bonds. The van der Waals surface area contributed by atoms with Crippen LogP contribution in [0.2, 0.25) is 0 Å². The number of hydrogen-bond acceptors (Lipinski definition) is 4. The van der Waals surface area contributed by atoms with Crippen molar-refractivity contribution >= 4 is 27.4 Å². The van der Waals surface area contributed by atoms with E-state index in [2.05, 4.69) is 15.1 Å². The van der Waals surface area contributed by atoms with Crippen molar-refractivity contribution < 1.29 is 13.2 Å². The molecule has 0 bridgehead atoms. The summed E-state index contributed by atoms with van der Waals surface area (Å²) in [5.41, 5.74) is 2.76. The topological polar surface area (TPSA) is 93.1 Å². The Morgan fingerprint density at radius 2 is 1.77 bits per heavy atom. The first kappa shape index (κ1) is 20.2. The van der Waals surface area contributed by atoms with E-state index in [1.807, 2.05) is 51.1 Å². The van der Waals surface area contributed by atoms with Crippen LogP contribution in [0, 0.1) is 0 Å². The minimum Gasteiger partial charge on any atom is -0.326 e. The number of amides is 1. The lowest BCUT2D eigenvalue weighted by Gasteiger charge is -2.18. The Morgan fingerprint density at radius 1 is 1.03 bits per heavy atom. The quantitative estimate of drug-likeness (QED) is 0.665. The van der Waals surface area contributed by atoms with E-state index in [1.165, 1.54) is 6.07 Å². The fraction of sp³-hybridized carbons (Fsp3) is 0.273. The summed E-state index contributed by atoms with van der Waals surface area (Å²) in [6.07, 6.45) is 0.861. The Morgan fingerprint density at radius 3 is 2.47 bits per heavy atom. The highest BCUT2D eigenvalue weighted by Crippen LogP contribution is 2.29. The lowest BCUT2D eigenvalue weighted by atomic mass is 9.92. The van der Waals surface area contributed by atoms with Gasteiger partial charge in [0.25, 0.3) is 10.0 Å². The average Bonchev–Trinajstić information content (AvgIpc) is 3.11. The van der Waals surface area contributed by atoms with Crippen LogP contribution in [0.4, 0.5) is 11.5 Å². The van der Waals surface area contributed by atoms with Crippen LogP contribution in [-0.4, -0.2) is 24.1 Å². The Bertz CT molecular complexity index is 1210. The lowest BCUT2D eigenvalue weighted by molar-refractivity contribution is -0.116. The van der Waals surface area contributed by atoms with Gasteiger partial charge in [0.15, 0.2) is 0 Å². The first-order valence-electron chi connectivity index (χ1n) is 9.75. The van der Waals surface area contributed by atoms with Crippen molar-refractivity contribution in [1.82, 2.24) is 9.78 Å². The molecule has 1 aliphatic heterocycles. The van der Waals surface area contributed by atoms with Crippen LogP contribution in [0.3, 0.4) is 0 Å². The summed E-state index contributed by atoms with van der Waals surface area (Å²) in [6.45, 7) is 6.09. The molecule has 2 heterocycles. The number of carbonyl (C=O) groups is 1. The Balaban J connectivity index is 1.73. The Labute approximate surface area is 176 Å². The van der Waals surface area contributed by atoms with Crippen molar-refractivity contribution in [3.05, 3.63) is 65.9 Å². The second-order valence-corrected chi connectivity index (χ2v) is 10.1. The standard InChI is InChI=1S/C22H24N4O3S/c1-22(2,3)19-14-20(26(24-19)16-7-5-4-6-8-16)25-30(28,29)17-10-11-18-15(13-17)9-12-21(27)23-18/h4-8,10-11,13-14,25H,9,12H2,1-3H3,(H,23,27). The first-order chi connectivity index (χ1) is 14.1. The fourth-order valence-corrected chi connectivity index (χ4v) is 4.39. The van der Waals surface area contributed by atoms with E-state index < -0.39 is 10.0 Å². The van der Waals surface area contributed by atoms with Crippen LogP contribution in [-0.2, 0) is 26.7 Å². The highest BCUT2D eigenvalue weighted by atomic mass is 32.2. The number of nitrogens with one attached hydrogen (secondary N) is 2. The third-order valence-electron chi connectivity index (χ3n) is 5.00. The summed E-state index contributed by atoms with van der Waals surface area (Å²) >= 11 is 0. The van der Waals surface area contributed by atoms with Gasteiger partial charge in [-0.15, -0.1) is 0 Å². The van der Waals surface area contributed by atoms with Gasteiger partial charge < -0.3 is 5.32 Å². The van der Waals surface area contributed by atoms with Gasteiger partial charge >= 0.3 is 0 Å². The van der Waals surface area contributed by atoms with E-state index >= 15 is 0 Å². The van der Waals surface area contributed by atoms with Crippen molar-refractivity contribution in [1.29, 1.82) is 0 Å². The molecule has 0 atom stereocenters. The van der Waals surface area contributed by atoms with Gasteiger partial charge in [-0.2, -0.15) is 5.10 Å². The molecule has 1 aliphatic rings. The SMILES string of the molecule is CC(C)(C)c1cc(NS(=O)(=O)c2ccc3c(c2)CCC(=O)N3)n(-c2ccccc2)n1. The molecule has 0 saturated heterocycles. The number of nitrogens with zero attached hydrogens (tertiary/aromatic N) is 2. The molecule has 0 radical (unpaired) electrons. The van der Waals surface area contributed by atoms with Crippen LogP contribution >= 0.6 is 0 Å². The minimum atomic E-state index is -3.85. The zero-order chi connectivity index (χ0) is 21.5. The van der Waals surface area contributed by atoms with Crippen LogP contribution in [0.1, 0.15) is 38.4 Å². The molecule has 156 valence electrons. The number of aryl methyl sites for hydroxylation is 1. The van der Waals surface area contributed by atoms with Gasteiger partial charge in [0.05, 0.1) is 16.3 Å². The van der Waals surface area contributed by atoms with Crippen molar-refractivity contribution in [3.8, 4) is 5.69 Å². The molecule has 0 unspecified atom stereocenters. The van der Waals surface area contributed by atoms with Crippen molar-refractivity contribution in [2.24, 2.45) is 0 Å². The predicted octanol–water partition coefficient (Wildman–Crippen LogP) is 3.86. The van der Waals surface area contributed by atoms with Gasteiger partial charge in [-0.05, 0) is 42.3 Å². The van der Waals surface area contributed by atoms with E-state index in [4.69, 9.17) is 0 Å². The normalized spacial score (nSPS) is 14.2. The molecule has 7 nitrogen and oxygen atoms in total. The summed E-state index contributed by atoms with van der Waals surface area (Å²) in [5.74, 6) is 0.315. The maximum Gasteiger partial charge on any atom is 0.263 e. The molecule has 2 aromatic carbocycles. The molecule has 30 heavy (non-hydrogen) atoms. The molecule has 1 aromatic heterocycles. The zero-order valence-corrected chi connectivity index (χ0v) is 18.0. The van der Waals surface area contributed by atoms with E-state index in [-0.39, 0.29) is 16.2 Å². The number of rotatable bonds is 4. The molecule has 4 rings (SSSR count). The maximum absolute atomic E-state index is 13.2. The van der Waals surface area contributed by atoms with Gasteiger partial charge in [0.2, 0.25) is 5.91 Å². The molecule has 8 heteroatoms. The largest absolute Gasteiger partial charge is 0.326 e. The van der Waals surface area contributed by atoms with Crippen LogP contribution in [0.15, 0.2) is 59.5 Å². The van der Waals surface area contributed by atoms with Gasteiger partial charge in [0.1, 0.15) is 5.82 Å². The first-order valence-corrected chi connectivity index (χ1v) is 11.2. The van der Waals surface area contributed by atoms with E-state index in [1.54, 1.807) is 22.9 Å². The average molecular weight is 425 g/mol. The molecule has 0 aliphatic carbocycles. The summed E-state index contributed by atoms with van der Waals surface area (Å²) in [5, 5.41) is 7.42. The van der Waals surface area contributed by atoms with Gasteiger partial charge in [-0.1, -0.05) is 39.0 Å². The minimum absolute atomic E-state index is 0.0577. The number of sulfonamides is 1. The van der Waals surface area contributed by atoms with Gasteiger partial charge in [-0.3, -0.25) is 9.52 Å². The Hall–Kier alpha value is -3.13. The molecule has 0 spiro atoms.